The Morgan fingerprint density at radius 2 is 2.11 bits per heavy atom. The Kier molecular flexibility index (Phi) is 4.05. The molecule has 5 nitrogen and oxygen atoms in total. The molecule has 6 heteroatoms. The quantitative estimate of drug-likeness (QED) is 0.688. The van der Waals surface area contributed by atoms with Gasteiger partial charge in [0.15, 0.2) is 0 Å². The number of amides is 1. The van der Waals surface area contributed by atoms with E-state index in [-0.39, 0.29) is 11.9 Å². The van der Waals surface area contributed by atoms with Gasteiger partial charge >= 0.3 is 0 Å². The second-order valence-corrected chi connectivity index (χ2v) is 7.78. The molecule has 1 aromatic carbocycles. The summed E-state index contributed by atoms with van der Waals surface area (Å²) in [5.41, 5.74) is 3.29. The summed E-state index contributed by atoms with van der Waals surface area (Å²) >= 11 is 1.66. The monoisotopic (exact) mass is 377 g/mol. The molecule has 3 aromatic rings. The molecule has 0 aliphatic carbocycles. The molecular weight excluding hydrogens is 358 g/mol. The van der Waals surface area contributed by atoms with Crippen LogP contribution in [-0.2, 0) is 11.2 Å². The third kappa shape index (κ3) is 2.96. The highest BCUT2D eigenvalue weighted by Crippen LogP contribution is 2.36. The van der Waals surface area contributed by atoms with Crippen molar-refractivity contribution >= 4 is 28.6 Å². The summed E-state index contributed by atoms with van der Waals surface area (Å²) in [5, 5.41) is 8.35. The average Bonchev–Trinajstić information content (AvgIpc) is 3.47. The maximum atomic E-state index is 13.2. The van der Waals surface area contributed by atoms with Crippen molar-refractivity contribution < 1.29 is 9.21 Å². The van der Waals surface area contributed by atoms with Crippen molar-refractivity contribution in [2.24, 2.45) is 5.10 Å². The van der Waals surface area contributed by atoms with Gasteiger partial charge in [-0.1, -0.05) is 24.3 Å². The fourth-order valence-electron chi connectivity index (χ4n) is 3.84. The van der Waals surface area contributed by atoms with Crippen molar-refractivity contribution in [3.05, 3.63) is 76.4 Å². The number of fused-ring (bicyclic) bond motifs is 1. The molecule has 0 bridgehead atoms. The number of benzene rings is 1. The predicted octanol–water partition coefficient (Wildman–Crippen LogP) is 4.08. The van der Waals surface area contributed by atoms with Gasteiger partial charge in [0.2, 0.25) is 0 Å². The largest absolute Gasteiger partial charge is 0.463 e. The van der Waals surface area contributed by atoms with Crippen LogP contribution in [0.1, 0.15) is 28.7 Å². The molecule has 0 saturated carbocycles. The van der Waals surface area contributed by atoms with Crippen molar-refractivity contribution in [2.75, 3.05) is 18.0 Å². The SMILES string of the molecule is O=C(CN1CCc2ccccc21)N1N=C(c2ccco2)CC1c1cccs1. The fourth-order valence-corrected chi connectivity index (χ4v) is 4.65. The van der Waals surface area contributed by atoms with Crippen LogP contribution in [0.4, 0.5) is 5.69 Å². The number of hydrogen-bond donors (Lipinski definition) is 0. The maximum absolute atomic E-state index is 13.2. The summed E-state index contributed by atoms with van der Waals surface area (Å²) < 4.78 is 5.52. The summed E-state index contributed by atoms with van der Waals surface area (Å²) in [6.07, 6.45) is 3.30. The lowest BCUT2D eigenvalue weighted by Crippen LogP contribution is -2.37. The number of nitrogens with zero attached hydrogens (tertiary/aromatic N) is 3. The maximum Gasteiger partial charge on any atom is 0.262 e. The highest BCUT2D eigenvalue weighted by molar-refractivity contribution is 7.10. The van der Waals surface area contributed by atoms with E-state index in [4.69, 9.17) is 4.42 Å². The molecule has 0 N–H and O–H groups in total. The minimum atomic E-state index is -0.0598. The van der Waals surface area contributed by atoms with Crippen molar-refractivity contribution in [2.45, 2.75) is 18.9 Å². The Hall–Kier alpha value is -2.86. The highest BCUT2D eigenvalue weighted by Gasteiger charge is 2.35. The molecule has 27 heavy (non-hydrogen) atoms. The normalized spacial score (nSPS) is 18.7. The van der Waals surface area contributed by atoms with E-state index >= 15 is 0 Å². The second kappa shape index (κ2) is 6.70. The van der Waals surface area contributed by atoms with Gasteiger partial charge in [0.25, 0.3) is 5.91 Å². The molecule has 5 rings (SSSR count). The Balaban J connectivity index is 1.41. The first kappa shape index (κ1) is 16.3. The van der Waals surface area contributed by atoms with E-state index in [2.05, 4.69) is 34.3 Å². The van der Waals surface area contributed by atoms with E-state index in [1.165, 1.54) is 5.56 Å². The number of thiophene rings is 1. The van der Waals surface area contributed by atoms with Crippen LogP contribution in [0.5, 0.6) is 0 Å². The number of carbonyl (C=O) groups is 1. The number of anilines is 1. The van der Waals surface area contributed by atoms with Gasteiger partial charge in [0.1, 0.15) is 11.5 Å². The molecule has 1 atom stereocenters. The lowest BCUT2D eigenvalue weighted by molar-refractivity contribution is -0.131. The Morgan fingerprint density at radius 3 is 2.93 bits per heavy atom. The predicted molar refractivity (Wildman–Crippen MR) is 106 cm³/mol. The summed E-state index contributed by atoms with van der Waals surface area (Å²) in [6.45, 7) is 1.21. The number of hydrogen-bond acceptors (Lipinski definition) is 5. The van der Waals surface area contributed by atoms with E-state index < -0.39 is 0 Å². The van der Waals surface area contributed by atoms with E-state index in [1.54, 1.807) is 22.6 Å². The van der Waals surface area contributed by atoms with Crippen molar-refractivity contribution in [3.8, 4) is 0 Å². The van der Waals surface area contributed by atoms with E-state index in [0.29, 0.717) is 13.0 Å². The van der Waals surface area contributed by atoms with Crippen molar-refractivity contribution in [1.29, 1.82) is 0 Å². The van der Waals surface area contributed by atoms with Crippen LogP contribution in [0.2, 0.25) is 0 Å². The molecule has 0 radical (unpaired) electrons. The Labute approximate surface area is 161 Å². The minimum Gasteiger partial charge on any atom is -0.463 e. The minimum absolute atomic E-state index is 0.0201. The van der Waals surface area contributed by atoms with Crippen molar-refractivity contribution in [1.82, 2.24) is 5.01 Å². The van der Waals surface area contributed by atoms with Gasteiger partial charge in [-0.05, 0) is 41.6 Å². The first-order valence-corrected chi connectivity index (χ1v) is 9.97. The first-order valence-electron chi connectivity index (χ1n) is 9.09. The topological polar surface area (TPSA) is 49.1 Å². The van der Waals surface area contributed by atoms with Crippen LogP contribution < -0.4 is 4.90 Å². The third-order valence-corrected chi connectivity index (χ3v) is 6.13. The van der Waals surface area contributed by atoms with Gasteiger partial charge < -0.3 is 9.32 Å². The van der Waals surface area contributed by atoms with Crippen LogP contribution in [-0.4, -0.2) is 29.7 Å². The standard InChI is InChI=1S/C21H19N3O2S/c25-21(14-23-10-9-15-5-1-2-6-17(15)23)24-18(20-8-4-12-27-20)13-16(22-24)19-7-3-11-26-19/h1-8,11-12,18H,9-10,13-14H2. The van der Waals surface area contributed by atoms with E-state index in [1.807, 2.05) is 29.6 Å². The zero-order valence-corrected chi connectivity index (χ0v) is 15.6. The smallest absolute Gasteiger partial charge is 0.262 e. The second-order valence-electron chi connectivity index (χ2n) is 6.80. The number of furan rings is 1. The zero-order chi connectivity index (χ0) is 18.2. The van der Waals surface area contributed by atoms with Gasteiger partial charge in [-0.3, -0.25) is 4.79 Å². The summed E-state index contributed by atoms with van der Waals surface area (Å²) in [7, 11) is 0. The molecule has 1 amide bonds. The molecule has 2 aromatic heterocycles. The molecule has 1 unspecified atom stereocenters. The number of carbonyl (C=O) groups excluding carboxylic acids is 1. The van der Waals surface area contributed by atoms with Gasteiger partial charge in [-0.25, -0.2) is 5.01 Å². The zero-order valence-electron chi connectivity index (χ0n) is 14.7. The third-order valence-electron chi connectivity index (χ3n) is 5.15. The van der Waals surface area contributed by atoms with Gasteiger partial charge in [-0.15, -0.1) is 11.3 Å². The number of rotatable bonds is 4. The summed E-state index contributed by atoms with van der Waals surface area (Å²) in [4.78, 5) is 16.5. The lowest BCUT2D eigenvalue weighted by atomic mass is 10.1. The molecule has 2 aliphatic rings. The van der Waals surface area contributed by atoms with Gasteiger partial charge in [0.05, 0.1) is 18.8 Å². The molecule has 0 spiro atoms. The Morgan fingerprint density at radius 1 is 1.19 bits per heavy atom. The lowest BCUT2D eigenvalue weighted by Gasteiger charge is -2.25. The summed E-state index contributed by atoms with van der Waals surface area (Å²) in [5.74, 6) is 0.755. The van der Waals surface area contributed by atoms with Crippen LogP contribution in [0.25, 0.3) is 0 Å². The van der Waals surface area contributed by atoms with Crippen LogP contribution in [0.15, 0.2) is 69.7 Å². The van der Waals surface area contributed by atoms with Crippen molar-refractivity contribution in [3.63, 3.8) is 0 Å². The van der Waals surface area contributed by atoms with E-state index in [0.717, 1.165) is 35.0 Å². The summed E-state index contributed by atoms with van der Waals surface area (Å²) in [6, 6.07) is 16.1. The highest BCUT2D eigenvalue weighted by atomic mass is 32.1. The van der Waals surface area contributed by atoms with Crippen LogP contribution in [0, 0.1) is 0 Å². The average molecular weight is 377 g/mol. The molecular formula is C21H19N3O2S. The molecule has 0 saturated heterocycles. The van der Waals surface area contributed by atoms with Crippen LogP contribution in [0.3, 0.4) is 0 Å². The van der Waals surface area contributed by atoms with E-state index in [9.17, 15) is 4.79 Å². The molecule has 4 heterocycles. The molecule has 136 valence electrons. The molecule has 0 fully saturated rings. The van der Waals surface area contributed by atoms with Gasteiger partial charge in [-0.2, -0.15) is 5.10 Å². The first-order chi connectivity index (χ1) is 13.3. The number of hydrazone groups is 1. The fraction of sp³-hybridized carbons (Fsp3) is 0.238. The van der Waals surface area contributed by atoms with Crippen LogP contribution >= 0.6 is 11.3 Å². The number of para-hydroxylation sites is 1. The Bertz CT molecular complexity index is 979. The molecule has 2 aliphatic heterocycles. The van der Waals surface area contributed by atoms with Gasteiger partial charge in [0, 0.05) is 23.5 Å².